The Bertz CT molecular complexity index is 2280. The van der Waals surface area contributed by atoms with E-state index in [-0.39, 0.29) is 0 Å². The fourth-order valence-corrected chi connectivity index (χ4v) is 8.93. The molecule has 0 unspecified atom stereocenters. The minimum absolute atomic E-state index is 0.391. The van der Waals surface area contributed by atoms with E-state index in [2.05, 4.69) is 72.6 Å². The van der Waals surface area contributed by atoms with Crippen molar-refractivity contribution in [2.75, 3.05) is 25.9 Å². The van der Waals surface area contributed by atoms with Crippen molar-refractivity contribution in [1.82, 2.24) is 24.5 Å². The molecule has 258 valence electrons. The van der Waals surface area contributed by atoms with E-state index in [1.165, 1.54) is 16.1 Å². The highest BCUT2D eigenvalue weighted by Crippen LogP contribution is 2.40. The molecular weight excluding hydrogens is 669 g/mol. The first-order valence-corrected chi connectivity index (χ1v) is 19.6. The maximum absolute atomic E-state index is 12.4. The molecule has 1 fully saturated rings. The summed E-state index contributed by atoms with van der Waals surface area (Å²) in [7, 11) is -3.61. The minimum atomic E-state index is -3.61. The molecule has 0 aliphatic carbocycles. The normalized spacial score (nSPS) is 16.9. The van der Waals surface area contributed by atoms with Gasteiger partial charge in [-0.2, -0.15) is 5.26 Å². The van der Waals surface area contributed by atoms with Crippen LogP contribution in [0.25, 0.3) is 44.3 Å². The molecule has 1 saturated heterocycles. The lowest BCUT2D eigenvalue weighted by molar-refractivity contribution is -0.122. The van der Waals surface area contributed by atoms with Gasteiger partial charge in [-0.1, -0.05) is 30.3 Å². The van der Waals surface area contributed by atoms with Gasteiger partial charge >= 0.3 is 0 Å². The number of aromatic nitrogens is 2. The van der Waals surface area contributed by atoms with Gasteiger partial charge in [-0.25, -0.2) is 18.4 Å². The van der Waals surface area contributed by atoms with Crippen molar-refractivity contribution >= 4 is 38.4 Å². The van der Waals surface area contributed by atoms with Crippen molar-refractivity contribution in [3.05, 3.63) is 81.4 Å². The van der Waals surface area contributed by atoms with Crippen LogP contribution in [0, 0.1) is 31.1 Å². The number of sulfonamides is 1. The predicted molar refractivity (Wildman–Crippen MR) is 196 cm³/mol. The molecule has 5 aromatic rings. The molecule has 0 spiro atoms. The highest BCUT2D eigenvalue weighted by molar-refractivity contribution is 7.89. The van der Waals surface area contributed by atoms with Crippen LogP contribution in [0.2, 0.25) is 0 Å². The van der Waals surface area contributed by atoms with Crippen LogP contribution in [0.15, 0.2) is 52.9 Å². The summed E-state index contributed by atoms with van der Waals surface area (Å²) in [4.78, 5) is 28.3. The molecule has 3 aromatic carbocycles. The third kappa shape index (κ3) is 6.71. The van der Waals surface area contributed by atoms with Gasteiger partial charge in [-0.3, -0.25) is 19.3 Å². The number of carbonyl (C=O) groups is 1. The second-order valence-corrected chi connectivity index (χ2v) is 16.6. The van der Waals surface area contributed by atoms with Crippen LogP contribution in [0.4, 0.5) is 0 Å². The molecule has 1 amide bonds. The van der Waals surface area contributed by atoms with Gasteiger partial charge < -0.3 is 4.42 Å². The first kappa shape index (κ1) is 34.1. The smallest absolute Gasteiger partial charge is 0.237 e. The number of oxazole rings is 1. The number of nitrogens with zero attached hydrogens (tertiary/aromatic N) is 5. The molecule has 1 N–H and O–H groups in total. The molecule has 7 rings (SSSR count). The van der Waals surface area contributed by atoms with Gasteiger partial charge in [0.15, 0.2) is 5.58 Å². The number of carbonyl (C=O) groups excluding carboxylic acids is 1. The van der Waals surface area contributed by atoms with Crippen LogP contribution in [0.5, 0.6) is 0 Å². The zero-order chi connectivity index (χ0) is 35.3. The number of thiazole rings is 1. The number of likely N-dealkylation sites (tertiary alicyclic amines) is 1. The predicted octanol–water partition coefficient (Wildman–Crippen LogP) is 6.44. The molecule has 50 heavy (non-hydrogen) atoms. The molecule has 12 heteroatoms. The Balaban J connectivity index is 1.16. The SMILES string of the molecule is Cc1c(-c2nc3cc(CN4CC[C@@H](C(=O)NS(C)(=O)=O)C4)cc(C#N)c3o2)cccc1-c1cccc(-c2nc3c(s2)CN(C(C)C)CC3)c1C. The number of hydrogen-bond acceptors (Lipinski definition) is 10. The Morgan fingerprint density at radius 2 is 1.76 bits per heavy atom. The fourth-order valence-electron chi connectivity index (χ4n) is 7.18. The standard InChI is InChI=1S/C38H40N6O4S2/c1-22(2)44-15-13-32-34(21-44)49-38(41-32)31-11-7-9-29(24(31)4)28-8-6-10-30(23(28)3)37-40-33-17-25(16-27(18-39)35(33)48-37)19-43-14-12-26(20-43)36(45)42-50(5,46)47/h6-11,16-17,22,26H,12-15,19-21H2,1-5H3,(H,42,45)/t26-/m1/s1. The van der Waals surface area contributed by atoms with Gasteiger partial charge in [0.2, 0.25) is 21.8 Å². The van der Waals surface area contributed by atoms with Gasteiger partial charge in [-0.05, 0) is 86.7 Å². The van der Waals surface area contributed by atoms with Crippen molar-refractivity contribution in [3.8, 4) is 39.2 Å². The average molecular weight is 709 g/mol. The summed E-state index contributed by atoms with van der Waals surface area (Å²) in [6.45, 7) is 12.3. The summed E-state index contributed by atoms with van der Waals surface area (Å²) >= 11 is 1.80. The summed E-state index contributed by atoms with van der Waals surface area (Å²) < 4.78 is 31.4. The molecule has 0 radical (unpaired) electrons. The molecule has 0 bridgehead atoms. The van der Waals surface area contributed by atoms with E-state index in [1.54, 1.807) is 17.4 Å². The largest absolute Gasteiger partial charge is 0.435 e. The quantitative estimate of drug-likeness (QED) is 0.194. The Kier molecular flexibility index (Phi) is 9.11. The third-order valence-electron chi connectivity index (χ3n) is 9.92. The molecule has 0 saturated carbocycles. The molecule has 2 aliphatic heterocycles. The average Bonchev–Trinajstić information content (AvgIpc) is 3.82. The van der Waals surface area contributed by atoms with Crippen molar-refractivity contribution in [1.29, 1.82) is 5.26 Å². The van der Waals surface area contributed by atoms with E-state index in [9.17, 15) is 18.5 Å². The minimum Gasteiger partial charge on any atom is -0.435 e. The first-order chi connectivity index (χ1) is 23.9. The van der Waals surface area contributed by atoms with E-state index in [1.807, 2.05) is 18.2 Å². The molecular formula is C38H40N6O4S2. The topological polar surface area (TPSA) is 132 Å². The lowest BCUT2D eigenvalue weighted by Crippen LogP contribution is -2.36. The Morgan fingerprint density at radius 3 is 2.46 bits per heavy atom. The fraction of sp³-hybridized carbons (Fsp3) is 0.368. The van der Waals surface area contributed by atoms with Gasteiger partial charge in [0, 0.05) is 54.6 Å². The summed E-state index contributed by atoms with van der Waals surface area (Å²) in [5.74, 6) is -0.448. The van der Waals surface area contributed by atoms with E-state index < -0.39 is 21.8 Å². The number of amides is 1. The summed E-state index contributed by atoms with van der Waals surface area (Å²) in [5, 5.41) is 11.1. The van der Waals surface area contributed by atoms with Crippen LogP contribution in [0.3, 0.4) is 0 Å². The summed E-state index contributed by atoms with van der Waals surface area (Å²) in [6.07, 6.45) is 2.52. The Hall–Kier alpha value is -4.41. The van der Waals surface area contributed by atoms with Gasteiger partial charge in [0.05, 0.1) is 23.4 Å². The van der Waals surface area contributed by atoms with Crippen LogP contribution in [-0.4, -0.2) is 66.0 Å². The number of hydrogen-bond donors (Lipinski definition) is 1. The lowest BCUT2D eigenvalue weighted by Gasteiger charge is -2.29. The van der Waals surface area contributed by atoms with Crippen molar-refractivity contribution in [2.45, 2.75) is 59.7 Å². The van der Waals surface area contributed by atoms with Gasteiger partial charge in [0.1, 0.15) is 16.6 Å². The highest BCUT2D eigenvalue weighted by Gasteiger charge is 2.30. The molecule has 2 aliphatic rings. The third-order valence-corrected chi connectivity index (χ3v) is 11.6. The second kappa shape index (κ2) is 13.4. The van der Waals surface area contributed by atoms with Crippen LogP contribution < -0.4 is 4.72 Å². The van der Waals surface area contributed by atoms with Crippen LogP contribution in [0.1, 0.15) is 53.1 Å². The van der Waals surface area contributed by atoms with Crippen molar-refractivity contribution in [3.63, 3.8) is 0 Å². The number of benzene rings is 3. The van der Waals surface area contributed by atoms with E-state index in [0.29, 0.717) is 54.7 Å². The highest BCUT2D eigenvalue weighted by atomic mass is 32.2. The maximum Gasteiger partial charge on any atom is 0.237 e. The number of nitrogens with one attached hydrogen (secondary N) is 1. The number of fused-ring (bicyclic) bond motifs is 2. The van der Waals surface area contributed by atoms with Gasteiger partial charge in [0.25, 0.3) is 0 Å². The summed E-state index contributed by atoms with van der Waals surface area (Å²) in [5.41, 5.74) is 9.93. The second-order valence-electron chi connectivity index (χ2n) is 13.7. The molecule has 2 aromatic heterocycles. The summed E-state index contributed by atoms with van der Waals surface area (Å²) in [6, 6.07) is 19.1. The Morgan fingerprint density at radius 1 is 1.06 bits per heavy atom. The van der Waals surface area contributed by atoms with E-state index >= 15 is 0 Å². The monoisotopic (exact) mass is 708 g/mol. The lowest BCUT2D eigenvalue weighted by atomic mass is 9.91. The van der Waals surface area contributed by atoms with E-state index in [4.69, 9.17) is 14.4 Å². The van der Waals surface area contributed by atoms with Crippen molar-refractivity contribution in [2.24, 2.45) is 5.92 Å². The molecule has 10 nitrogen and oxygen atoms in total. The Labute approximate surface area is 296 Å². The van der Waals surface area contributed by atoms with Crippen molar-refractivity contribution < 1.29 is 17.6 Å². The van der Waals surface area contributed by atoms with Gasteiger partial charge in [-0.15, -0.1) is 11.3 Å². The first-order valence-electron chi connectivity index (χ1n) is 16.9. The van der Waals surface area contributed by atoms with E-state index in [0.717, 1.165) is 64.2 Å². The van der Waals surface area contributed by atoms with Crippen LogP contribution in [-0.2, 0) is 34.3 Å². The van der Waals surface area contributed by atoms with Crippen LogP contribution >= 0.6 is 11.3 Å². The molecule has 4 heterocycles. The zero-order valence-corrected chi connectivity index (χ0v) is 30.5. The maximum atomic E-state index is 12.4. The zero-order valence-electron chi connectivity index (χ0n) is 28.9. The number of rotatable bonds is 8. The molecule has 1 atom stereocenters. The number of nitriles is 1.